The van der Waals surface area contributed by atoms with Crippen LogP contribution in [0.4, 0.5) is 0 Å². The second-order valence-corrected chi connectivity index (χ2v) is 6.29. The Hall–Kier alpha value is -1.30. The van der Waals surface area contributed by atoms with E-state index in [1.165, 1.54) is 18.4 Å². The molecule has 136 valence electrons. The van der Waals surface area contributed by atoms with E-state index in [0.717, 1.165) is 24.3 Å². The smallest absolute Gasteiger partial charge is 0.123 e. The van der Waals surface area contributed by atoms with E-state index < -0.39 is 0 Å². The van der Waals surface area contributed by atoms with Gasteiger partial charge in [-0.2, -0.15) is 0 Å². The number of nitrogens with one attached hydrogen (secondary N) is 1. The van der Waals surface area contributed by atoms with Crippen LogP contribution in [0.15, 0.2) is 18.2 Å². The number of hydrogen-bond acceptors (Lipinski definition) is 5. The maximum atomic E-state index is 5.88. The molecule has 24 heavy (non-hydrogen) atoms. The van der Waals surface area contributed by atoms with Gasteiger partial charge in [0.1, 0.15) is 11.5 Å². The molecule has 1 saturated carbocycles. The highest BCUT2D eigenvalue weighted by Crippen LogP contribution is 2.29. The van der Waals surface area contributed by atoms with Gasteiger partial charge in [0.25, 0.3) is 0 Å². The Bertz CT molecular complexity index is 446. The number of rotatable bonds is 13. The van der Waals surface area contributed by atoms with Crippen molar-refractivity contribution in [2.45, 2.75) is 44.7 Å². The van der Waals surface area contributed by atoms with E-state index in [1.807, 2.05) is 6.07 Å². The minimum atomic E-state index is 0.293. The maximum absolute atomic E-state index is 5.88. The van der Waals surface area contributed by atoms with Crippen LogP contribution in [-0.2, 0) is 9.47 Å². The van der Waals surface area contributed by atoms with Gasteiger partial charge in [0.2, 0.25) is 0 Å². The highest BCUT2D eigenvalue weighted by atomic mass is 16.5. The molecular weight excluding hydrogens is 306 g/mol. The van der Waals surface area contributed by atoms with Gasteiger partial charge in [-0.05, 0) is 37.5 Å². The molecule has 1 unspecified atom stereocenters. The van der Waals surface area contributed by atoms with Gasteiger partial charge in [-0.3, -0.25) is 0 Å². The lowest BCUT2D eigenvalue weighted by Crippen LogP contribution is -2.20. The topological polar surface area (TPSA) is 49.0 Å². The average molecular weight is 337 g/mol. The first-order valence-corrected chi connectivity index (χ1v) is 8.87. The van der Waals surface area contributed by atoms with Crippen LogP contribution in [0.2, 0.25) is 0 Å². The van der Waals surface area contributed by atoms with Crippen molar-refractivity contribution in [2.75, 3.05) is 40.6 Å². The normalized spacial score (nSPS) is 15.3. The monoisotopic (exact) mass is 337 g/mol. The van der Waals surface area contributed by atoms with Crippen molar-refractivity contribution in [3.05, 3.63) is 23.8 Å². The summed E-state index contributed by atoms with van der Waals surface area (Å²) in [4.78, 5) is 0. The van der Waals surface area contributed by atoms with Gasteiger partial charge in [-0.15, -0.1) is 0 Å². The van der Waals surface area contributed by atoms with Crippen LogP contribution < -0.4 is 14.8 Å². The van der Waals surface area contributed by atoms with Crippen molar-refractivity contribution in [3.8, 4) is 11.5 Å². The van der Waals surface area contributed by atoms with Crippen molar-refractivity contribution in [1.29, 1.82) is 0 Å². The first-order chi connectivity index (χ1) is 11.7. The third-order valence-corrected chi connectivity index (χ3v) is 3.99. The van der Waals surface area contributed by atoms with Gasteiger partial charge in [-0.25, -0.2) is 0 Å². The molecule has 1 aromatic carbocycles. The van der Waals surface area contributed by atoms with Crippen LogP contribution in [-0.4, -0.2) is 46.7 Å². The molecule has 0 amide bonds. The van der Waals surface area contributed by atoms with Crippen LogP contribution in [0.1, 0.15) is 44.2 Å². The van der Waals surface area contributed by atoms with E-state index in [4.69, 9.17) is 18.9 Å². The molecule has 1 fully saturated rings. The molecule has 5 nitrogen and oxygen atoms in total. The van der Waals surface area contributed by atoms with Crippen LogP contribution in [0.25, 0.3) is 0 Å². The van der Waals surface area contributed by atoms with Crippen molar-refractivity contribution in [1.82, 2.24) is 5.32 Å². The molecule has 0 aliphatic heterocycles. The molecule has 1 aliphatic rings. The molecule has 1 aromatic rings. The third-order valence-electron chi connectivity index (χ3n) is 3.99. The molecule has 0 saturated heterocycles. The Balaban J connectivity index is 1.97. The van der Waals surface area contributed by atoms with Crippen molar-refractivity contribution in [2.24, 2.45) is 0 Å². The summed E-state index contributed by atoms with van der Waals surface area (Å²) in [5.74, 6) is 1.71. The van der Waals surface area contributed by atoms with Gasteiger partial charge >= 0.3 is 0 Å². The molecule has 0 radical (unpaired) electrons. The molecule has 0 bridgehead atoms. The minimum absolute atomic E-state index is 0.293. The maximum Gasteiger partial charge on any atom is 0.123 e. The first-order valence-electron chi connectivity index (χ1n) is 8.87. The third kappa shape index (κ3) is 7.07. The molecule has 1 aliphatic carbocycles. The summed E-state index contributed by atoms with van der Waals surface area (Å²) in [6, 6.07) is 7.13. The standard InChI is InChI=1S/C19H31NO4/c1-15(20-17-6-7-17)16-12-18(23-10-4-8-21-2)14-19(13-16)24-11-5-9-22-3/h12-15,17,20H,4-11H2,1-3H3. The fourth-order valence-electron chi connectivity index (χ4n) is 2.50. The fourth-order valence-corrected chi connectivity index (χ4v) is 2.50. The summed E-state index contributed by atoms with van der Waals surface area (Å²) in [6.45, 7) is 4.89. The van der Waals surface area contributed by atoms with Crippen LogP contribution in [0.5, 0.6) is 11.5 Å². The SMILES string of the molecule is COCCCOc1cc(OCCCOC)cc(C(C)NC2CC2)c1. The minimum Gasteiger partial charge on any atom is -0.493 e. The zero-order valence-electron chi connectivity index (χ0n) is 15.2. The second kappa shape index (κ2) is 10.5. The molecule has 0 aromatic heterocycles. The second-order valence-electron chi connectivity index (χ2n) is 6.29. The van der Waals surface area contributed by atoms with Crippen molar-refractivity contribution >= 4 is 0 Å². The van der Waals surface area contributed by atoms with Gasteiger partial charge < -0.3 is 24.3 Å². The highest BCUT2D eigenvalue weighted by molar-refractivity contribution is 5.40. The number of ether oxygens (including phenoxy) is 4. The van der Waals surface area contributed by atoms with E-state index in [9.17, 15) is 0 Å². The predicted molar refractivity (Wildman–Crippen MR) is 95.0 cm³/mol. The number of benzene rings is 1. The van der Waals surface area contributed by atoms with E-state index in [1.54, 1.807) is 14.2 Å². The molecule has 1 N–H and O–H groups in total. The average Bonchev–Trinajstić information content (AvgIpc) is 3.39. The summed E-state index contributed by atoms with van der Waals surface area (Å²) < 4.78 is 21.9. The van der Waals surface area contributed by atoms with E-state index in [2.05, 4.69) is 24.4 Å². The summed E-state index contributed by atoms with van der Waals surface area (Å²) in [5, 5.41) is 3.63. The summed E-state index contributed by atoms with van der Waals surface area (Å²) >= 11 is 0. The fraction of sp³-hybridized carbons (Fsp3) is 0.684. The van der Waals surface area contributed by atoms with Gasteiger partial charge in [0.05, 0.1) is 13.2 Å². The number of hydrogen-bond donors (Lipinski definition) is 1. The van der Waals surface area contributed by atoms with Gasteiger partial charge in [-0.1, -0.05) is 0 Å². The predicted octanol–water partition coefficient (Wildman–Crippen LogP) is 3.33. The molecule has 2 rings (SSSR count). The quantitative estimate of drug-likeness (QED) is 0.560. The molecule has 0 spiro atoms. The molecule has 5 heteroatoms. The Morgan fingerprint density at radius 1 is 0.917 bits per heavy atom. The Morgan fingerprint density at radius 3 is 1.92 bits per heavy atom. The Kier molecular flexibility index (Phi) is 8.36. The van der Waals surface area contributed by atoms with Gasteiger partial charge in [0, 0.05) is 58.4 Å². The highest BCUT2D eigenvalue weighted by Gasteiger charge is 2.23. The molecule has 0 heterocycles. The largest absolute Gasteiger partial charge is 0.493 e. The number of methoxy groups -OCH3 is 2. The van der Waals surface area contributed by atoms with E-state index in [-0.39, 0.29) is 0 Å². The van der Waals surface area contributed by atoms with Crippen molar-refractivity contribution in [3.63, 3.8) is 0 Å². The molecule has 1 atom stereocenters. The summed E-state index contributed by atoms with van der Waals surface area (Å²) in [6.07, 6.45) is 4.30. The Morgan fingerprint density at radius 2 is 1.46 bits per heavy atom. The van der Waals surface area contributed by atoms with Crippen LogP contribution in [0.3, 0.4) is 0 Å². The van der Waals surface area contributed by atoms with Gasteiger partial charge in [0.15, 0.2) is 0 Å². The lowest BCUT2D eigenvalue weighted by Gasteiger charge is -2.17. The van der Waals surface area contributed by atoms with E-state index >= 15 is 0 Å². The van der Waals surface area contributed by atoms with Crippen LogP contribution >= 0.6 is 0 Å². The lowest BCUT2D eigenvalue weighted by molar-refractivity contribution is 0.170. The zero-order valence-corrected chi connectivity index (χ0v) is 15.2. The van der Waals surface area contributed by atoms with Crippen LogP contribution in [0, 0.1) is 0 Å². The lowest BCUT2D eigenvalue weighted by atomic mass is 10.1. The Labute approximate surface area is 145 Å². The first kappa shape index (κ1) is 19.0. The summed E-state index contributed by atoms with van der Waals surface area (Å²) in [7, 11) is 3.41. The van der Waals surface area contributed by atoms with E-state index in [0.29, 0.717) is 38.5 Å². The zero-order chi connectivity index (χ0) is 17.2. The molecular formula is C19H31NO4. The van der Waals surface area contributed by atoms with Crippen molar-refractivity contribution < 1.29 is 18.9 Å². The summed E-state index contributed by atoms with van der Waals surface area (Å²) in [5.41, 5.74) is 1.20.